The van der Waals surface area contributed by atoms with Gasteiger partial charge in [-0.05, 0) is 20.8 Å². The lowest BCUT2D eigenvalue weighted by Gasteiger charge is -2.42. The molecular weight excluding hydrogens is 304 g/mol. The third-order valence-corrected chi connectivity index (χ3v) is 4.10. The van der Waals surface area contributed by atoms with Gasteiger partial charge in [-0.25, -0.2) is 4.79 Å². The summed E-state index contributed by atoms with van der Waals surface area (Å²) in [6, 6.07) is 0. The first-order chi connectivity index (χ1) is 10.7. The summed E-state index contributed by atoms with van der Waals surface area (Å²) in [5, 5.41) is 10.6. The van der Waals surface area contributed by atoms with E-state index in [1.807, 2.05) is 0 Å². The second-order valence-corrected chi connectivity index (χ2v) is 6.24. The van der Waals surface area contributed by atoms with Crippen LogP contribution in [0.25, 0.3) is 0 Å². The summed E-state index contributed by atoms with van der Waals surface area (Å²) in [6.07, 6.45) is 3.75. The normalized spacial score (nSPS) is 35.5. The van der Waals surface area contributed by atoms with Crippen molar-refractivity contribution in [3.05, 3.63) is 32.6 Å². The van der Waals surface area contributed by atoms with E-state index in [1.54, 1.807) is 20.8 Å². The predicted molar refractivity (Wildman–Crippen MR) is 78.7 cm³/mol. The number of aryl methyl sites for hydroxylation is 1. The van der Waals surface area contributed by atoms with Gasteiger partial charge in [-0.1, -0.05) is 5.92 Å². The summed E-state index contributed by atoms with van der Waals surface area (Å²) in [5.74, 6) is 1.54. The number of fused-ring (bicyclic) bond motifs is 1. The lowest BCUT2D eigenvalue weighted by atomic mass is 9.95. The molecule has 8 nitrogen and oxygen atoms in total. The molecule has 0 aliphatic carbocycles. The van der Waals surface area contributed by atoms with Crippen LogP contribution in [-0.2, 0) is 14.2 Å². The molecule has 0 radical (unpaired) electrons. The van der Waals surface area contributed by atoms with Gasteiger partial charge < -0.3 is 19.3 Å². The third-order valence-electron chi connectivity index (χ3n) is 4.10. The Morgan fingerprint density at radius 3 is 2.78 bits per heavy atom. The van der Waals surface area contributed by atoms with Gasteiger partial charge in [0.25, 0.3) is 5.56 Å². The summed E-state index contributed by atoms with van der Waals surface area (Å²) < 4.78 is 18.1. The number of terminal acetylenes is 1. The number of nitrogens with one attached hydrogen (secondary N) is 1. The number of aliphatic hydroxyl groups is 1. The van der Waals surface area contributed by atoms with Gasteiger partial charge in [-0.3, -0.25) is 14.3 Å². The number of aromatic nitrogens is 2. The standard InChI is InChI=1S/C15H18N2O6/c1-5-15-7-21-14(3,4)22-10(15)9(18)12(23-15)17-6-8(2)11(19)16-13(17)20/h1,6,9-10,12,18H,7H2,2-4H3,(H,16,19,20)/t9-,10+,12-,15+/m1/s1. The number of aliphatic hydroxyl groups excluding tert-OH is 1. The van der Waals surface area contributed by atoms with E-state index in [0.717, 1.165) is 4.57 Å². The maximum absolute atomic E-state index is 12.0. The van der Waals surface area contributed by atoms with E-state index in [-0.39, 0.29) is 6.61 Å². The lowest BCUT2D eigenvalue weighted by Crippen LogP contribution is -2.57. The number of hydrogen-bond donors (Lipinski definition) is 2. The Morgan fingerprint density at radius 2 is 2.13 bits per heavy atom. The summed E-state index contributed by atoms with van der Waals surface area (Å²) in [7, 11) is 0. The Morgan fingerprint density at radius 1 is 1.43 bits per heavy atom. The Bertz CT molecular complexity index is 788. The maximum Gasteiger partial charge on any atom is 0.330 e. The van der Waals surface area contributed by atoms with Crippen LogP contribution in [-0.4, -0.2) is 44.9 Å². The monoisotopic (exact) mass is 322 g/mol. The quantitative estimate of drug-likeness (QED) is 0.660. The van der Waals surface area contributed by atoms with Crippen LogP contribution in [0, 0.1) is 19.3 Å². The Labute approximate surface area is 132 Å². The molecule has 2 aliphatic rings. The lowest BCUT2D eigenvalue weighted by molar-refractivity contribution is -0.315. The minimum Gasteiger partial charge on any atom is -0.385 e. The van der Waals surface area contributed by atoms with Crippen molar-refractivity contribution in [1.82, 2.24) is 9.55 Å². The van der Waals surface area contributed by atoms with E-state index in [9.17, 15) is 14.7 Å². The summed E-state index contributed by atoms with van der Waals surface area (Å²) >= 11 is 0. The van der Waals surface area contributed by atoms with Crippen LogP contribution in [0.3, 0.4) is 0 Å². The van der Waals surface area contributed by atoms with Gasteiger partial charge in [0.1, 0.15) is 12.2 Å². The van der Waals surface area contributed by atoms with Crippen LogP contribution in [0.2, 0.25) is 0 Å². The van der Waals surface area contributed by atoms with Crippen LogP contribution in [0.1, 0.15) is 25.6 Å². The predicted octanol–water partition coefficient (Wildman–Crippen LogP) is -0.742. The second kappa shape index (κ2) is 5.04. The van der Waals surface area contributed by atoms with Crippen LogP contribution < -0.4 is 11.2 Å². The molecule has 0 amide bonds. The third kappa shape index (κ3) is 2.42. The zero-order valence-corrected chi connectivity index (χ0v) is 13.0. The molecule has 2 fully saturated rings. The number of hydrogen-bond acceptors (Lipinski definition) is 6. The molecule has 4 atom stereocenters. The van der Waals surface area contributed by atoms with E-state index in [0.29, 0.717) is 5.56 Å². The summed E-state index contributed by atoms with van der Waals surface area (Å²) in [4.78, 5) is 25.7. The molecule has 0 saturated carbocycles. The van der Waals surface area contributed by atoms with Gasteiger partial charge in [0, 0.05) is 11.8 Å². The van der Waals surface area contributed by atoms with Crippen molar-refractivity contribution in [2.75, 3.05) is 6.61 Å². The first-order valence-corrected chi connectivity index (χ1v) is 7.17. The van der Waals surface area contributed by atoms with Gasteiger partial charge in [-0.15, -0.1) is 6.42 Å². The number of ether oxygens (including phenoxy) is 3. The van der Waals surface area contributed by atoms with E-state index in [1.165, 1.54) is 6.20 Å². The Hall–Kier alpha value is -1.92. The smallest absolute Gasteiger partial charge is 0.330 e. The molecule has 0 aromatic carbocycles. The van der Waals surface area contributed by atoms with Crippen molar-refractivity contribution in [2.24, 2.45) is 0 Å². The van der Waals surface area contributed by atoms with Crippen LogP contribution in [0.4, 0.5) is 0 Å². The average Bonchev–Trinajstić information content (AvgIpc) is 2.76. The molecule has 1 aromatic rings. The highest BCUT2D eigenvalue weighted by Gasteiger charge is 2.60. The van der Waals surface area contributed by atoms with Crippen molar-refractivity contribution in [3.8, 4) is 12.3 Å². The van der Waals surface area contributed by atoms with Crippen LogP contribution in [0.15, 0.2) is 15.8 Å². The minimum absolute atomic E-state index is 0.0197. The van der Waals surface area contributed by atoms with Gasteiger partial charge in [0.2, 0.25) is 0 Å². The van der Waals surface area contributed by atoms with E-state index < -0.39 is 41.1 Å². The van der Waals surface area contributed by atoms with Crippen molar-refractivity contribution >= 4 is 0 Å². The fraction of sp³-hybridized carbons (Fsp3) is 0.600. The van der Waals surface area contributed by atoms with E-state index in [2.05, 4.69) is 10.9 Å². The highest BCUT2D eigenvalue weighted by Crippen LogP contribution is 2.43. The Balaban J connectivity index is 2.05. The molecule has 0 spiro atoms. The van der Waals surface area contributed by atoms with Gasteiger partial charge in [-0.2, -0.15) is 0 Å². The first kappa shape index (κ1) is 16.0. The maximum atomic E-state index is 12.0. The highest BCUT2D eigenvalue weighted by atomic mass is 16.7. The van der Waals surface area contributed by atoms with E-state index >= 15 is 0 Å². The SMILES string of the molecule is C#C[C@]12COC(C)(C)O[C@H]1[C@@H](O)[C@H](n1cc(C)c(=O)[nH]c1=O)O2. The molecule has 2 aliphatic heterocycles. The first-order valence-electron chi connectivity index (χ1n) is 7.17. The number of aromatic amines is 1. The molecule has 8 heteroatoms. The fourth-order valence-corrected chi connectivity index (χ4v) is 2.83. The largest absolute Gasteiger partial charge is 0.385 e. The van der Waals surface area contributed by atoms with Crippen molar-refractivity contribution < 1.29 is 19.3 Å². The van der Waals surface area contributed by atoms with E-state index in [4.69, 9.17) is 20.6 Å². The van der Waals surface area contributed by atoms with Crippen molar-refractivity contribution in [1.29, 1.82) is 0 Å². The molecule has 0 bridgehead atoms. The molecule has 2 N–H and O–H groups in total. The number of H-pyrrole nitrogens is 1. The minimum atomic E-state index is -1.30. The second-order valence-electron chi connectivity index (χ2n) is 6.24. The average molecular weight is 322 g/mol. The molecule has 0 unspecified atom stereocenters. The summed E-state index contributed by atoms with van der Waals surface area (Å²) in [5.41, 5.74) is -2.19. The topological polar surface area (TPSA) is 103 Å². The zero-order valence-electron chi connectivity index (χ0n) is 13.0. The molecule has 23 heavy (non-hydrogen) atoms. The number of nitrogens with zero attached hydrogens (tertiary/aromatic N) is 1. The summed E-state index contributed by atoms with van der Waals surface area (Å²) in [6.45, 7) is 4.96. The number of rotatable bonds is 1. The molecular formula is C15H18N2O6. The zero-order chi connectivity index (χ0) is 17.0. The highest BCUT2D eigenvalue weighted by molar-refractivity contribution is 5.21. The van der Waals surface area contributed by atoms with Crippen molar-refractivity contribution in [3.63, 3.8) is 0 Å². The molecule has 3 rings (SSSR count). The van der Waals surface area contributed by atoms with Gasteiger partial charge >= 0.3 is 5.69 Å². The molecule has 124 valence electrons. The fourth-order valence-electron chi connectivity index (χ4n) is 2.83. The molecule has 1 aromatic heterocycles. The van der Waals surface area contributed by atoms with Crippen LogP contribution >= 0.6 is 0 Å². The van der Waals surface area contributed by atoms with Gasteiger partial charge in [0.05, 0.1) is 6.61 Å². The molecule has 2 saturated heterocycles. The van der Waals surface area contributed by atoms with Crippen LogP contribution in [0.5, 0.6) is 0 Å². The van der Waals surface area contributed by atoms with Crippen molar-refractivity contribution in [2.45, 2.75) is 50.6 Å². The molecule has 3 heterocycles. The Kier molecular flexibility index (Phi) is 3.50. The van der Waals surface area contributed by atoms with Gasteiger partial charge in [0.15, 0.2) is 17.6 Å².